The lowest BCUT2D eigenvalue weighted by molar-refractivity contribution is 0.195. The molecule has 0 radical (unpaired) electrons. The summed E-state index contributed by atoms with van der Waals surface area (Å²) in [6, 6.07) is 42.8. The molecule has 2 unspecified atom stereocenters. The lowest BCUT2D eigenvalue weighted by atomic mass is 9.33. The normalized spacial score (nSPS) is 22.6. The molecule has 6 aromatic carbocycles. The predicted molar refractivity (Wildman–Crippen MR) is 302 cm³/mol. The first-order valence-electron chi connectivity index (χ1n) is 27.0. The van der Waals surface area contributed by atoms with Gasteiger partial charge in [0, 0.05) is 50.9 Å². The van der Waals surface area contributed by atoms with Crippen LogP contribution in [0.1, 0.15) is 174 Å². The van der Waals surface area contributed by atoms with Crippen molar-refractivity contribution in [3.05, 3.63) is 148 Å². The zero-order valence-corrected chi connectivity index (χ0v) is 45.4. The predicted octanol–water partition coefficient (Wildman–Crippen LogP) is 15.7. The molecule has 1 fully saturated rings. The SMILES string of the molecule is CC1(C)Cc2ccc(N3c4cc5c(cc4B4c6ccc(C(C)(C)C)cc6N(c6cccc(C(C)(C)C)c6)c6cc(N7c8ccc(C(C)(C)C)cc8C8(C)CCCCC78C)cc3c64)CC(C)(C)C5)cc2C1. The summed E-state index contributed by atoms with van der Waals surface area (Å²) >= 11 is 0. The molecule has 0 N–H and O–H groups in total. The Bertz CT molecular complexity index is 3180. The Morgan fingerprint density at radius 3 is 1.63 bits per heavy atom. The number of nitrogens with zero attached hydrogens (tertiary/aromatic N) is 3. The second-order valence-corrected chi connectivity index (χ2v) is 28.1. The van der Waals surface area contributed by atoms with E-state index in [4.69, 9.17) is 0 Å². The summed E-state index contributed by atoms with van der Waals surface area (Å²) in [5.41, 5.74) is 26.9. The molecular formula is C66H78BN3. The molecule has 0 spiro atoms. The molecule has 6 aromatic rings. The summed E-state index contributed by atoms with van der Waals surface area (Å²) in [6.45, 7) is 36.5. The molecule has 1 saturated carbocycles. The summed E-state index contributed by atoms with van der Waals surface area (Å²) in [7, 11) is 0. The van der Waals surface area contributed by atoms with Gasteiger partial charge in [-0.05, 0) is 188 Å². The lowest BCUT2D eigenvalue weighted by Gasteiger charge is -2.51. The van der Waals surface area contributed by atoms with E-state index in [1.807, 2.05) is 0 Å². The van der Waals surface area contributed by atoms with Gasteiger partial charge in [-0.15, -0.1) is 0 Å². The first-order chi connectivity index (χ1) is 32.7. The van der Waals surface area contributed by atoms with Gasteiger partial charge in [0.25, 0.3) is 6.71 Å². The fourth-order valence-corrected chi connectivity index (χ4v) is 14.6. The molecule has 70 heavy (non-hydrogen) atoms. The van der Waals surface area contributed by atoms with Gasteiger partial charge >= 0.3 is 0 Å². The van der Waals surface area contributed by atoms with E-state index in [9.17, 15) is 0 Å². The monoisotopic (exact) mass is 924 g/mol. The highest BCUT2D eigenvalue weighted by molar-refractivity contribution is 7.00. The van der Waals surface area contributed by atoms with Gasteiger partial charge in [0.2, 0.25) is 0 Å². The maximum absolute atomic E-state index is 2.86. The zero-order chi connectivity index (χ0) is 49.5. The van der Waals surface area contributed by atoms with E-state index in [0.717, 1.165) is 32.1 Å². The van der Waals surface area contributed by atoms with Gasteiger partial charge in [-0.2, -0.15) is 0 Å². The molecule has 0 amide bonds. The average molecular weight is 924 g/mol. The van der Waals surface area contributed by atoms with Crippen molar-refractivity contribution >= 4 is 68.6 Å². The number of benzene rings is 6. The van der Waals surface area contributed by atoms with Crippen molar-refractivity contribution in [2.24, 2.45) is 10.8 Å². The number of anilines is 8. The first kappa shape index (κ1) is 45.9. The third-order valence-corrected chi connectivity index (χ3v) is 18.6. The van der Waals surface area contributed by atoms with E-state index >= 15 is 0 Å². The Labute approximate surface area is 422 Å². The van der Waals surface area contributed by atoms with Crippen molar-refractivity contribution in [3.63, 3.8) is 0 Å². The molecule has 12 rings (SSSR count). The Hall–Kier alpha value is -5.22. The molecule has 3 aliphatic heterocycles. The third kappa shape index (κ3) is 6.80. The number of hydrogen-bond donors (Lipinski definition) is 0. The van der Waals surface area contributed by atoms with Gasteiger partial charge in [-0.3, -0.25) is 0 Å². The molecule has 0 aromatic heterocycles. The van der Waals surface area contributed by atoms with Crippen molar-refractivity contribution in [1.29, 1.82) is 0 Å². The smallest absolute Gasteiger partial charge is 0.252 e. The maximum Gasteiger partial charge on any atom is 0.252 e. The lowest BCUT2D eigenvalue weighted by Crippen LogP contribution is -2.61. The van der Waals surface area contributed by atoms with Crippen LogP contribution in [-0.4, -0.2) is 12.3 Å². The van der Waals surface area contributed by atoms with E-state index in [0.29, 0.717) is 0 Å². The van der Waals surface area contributed by atoms with Crippen molar-refractivity contribution in [3.8, 4) is 0 Å². The first-order valence-corrected chi connectivity index (χ1v) is 27.0. The molecule has 3 heterocycles. The van der Waals surface area contributed by atoms with E-state index in [-0.39, 0.29) is 44.7 Å². The van der Waals surface area contributed by atoms with Crippen LogP contribution in [0.15, 0.2) is 103 Å². The van der Waals surface area contributed by atoms with Crippen LogP contribution in [0.4, 0.5) is 45.5 Å². The fraction of sp³-hybridized carbons (Fsp3) is 0.455. The van der Waals surface area contributed by atoms with Crippen molar-refractivity contribution in [1.82, 2.24) is 0 Å². The minimum absolute atomic E-state index is 0.00111. The van der Waals surface area contributed by atoms with Crippen LogP contribution in [0.25, 0.3) is 0 Å². The summed E-state index contributed by atoms with van der Waals surface area (Å²) in [6.07, 6.45) is 9.31. The minimum Gasteiger partial charge on any atom is -0.334 e. The molecule has 3 nitrogen and oxygen atoms in total. The van der Waals surface area contributed by atoms with E-state index < -0.39 is 0 Å². The van der Waals surface area contributed by atoms with Gasteiger partial charge in [0.15, 0.2) is 0 Å². The van der Waals surface area contributed by atoms with Crippen LogP contribution in [0.3, 0.4) is 0 Å². The number of rotatable bonds is 3. The van der Waals surface area contributed by atoms with E-state index in [1.165, 1.54) is 126 Å². The summed E-state index contributed by atoms with van der Waals surface area (Å²) < 4.78 is 0. The molecule has 0 saturated heterocycles. The summed E-state index contributed by atoms with van der Waals surface area (Å²) in [5, 5.41) is 0. The van der Waals surface area contributed by atoms with Crippen molar-refractivity contribution in [2.45, 2.75) is 182 Å². The molecule has 4 heteroatoms. The van der Waals surface area contributed by atoms with E-state index in [2.05, 4.69) is 222 Å². The third-order valence-electron chi connectivity index (χ3n) is 18.6. The standard InChI is InChI=1S/C66H78BN3/c1-60(2,3)45-19-18-20-48(32-45)68-56-34-47(62(7,8)9)22-25-52(56)67-53-30-43-39-64(12,13)40-44(43)31-55(53)69(49-24-21-41-37-63(10,11)38-42(41)29-49)58-36-50(35-57(68)59(58)67)70-54-26-23-46(61(4,5)6)33-51(54)65(14)27-16-17-28-66(65,70)15/h18-26,29-36H,16-17,27-28,37-40H2,1-15H3. The maximum atomic E-state index is 2.86. The molecular weight excluding hydrogens is 846 g/mol. The second-order valence-electron chi connectivity index (χ2n) is 28.1. The van der Waals surface area contributed by atoms with Gasteiger partial charge < -0.3 is 14.7 Å². The van der Waals surface area contributed by atoms with E-state index in [1.54, 1.807) is 0 Å². The molecule has 2 atom stereocenters. The summed E-state index contributed by atoms with van der Waals surface area (Å²) in [4.78, 5) is 8.30. The summed E-state index contributed by atoms with van der Waals surface area (Å²) in [5.74, 6) is 0. The molecule has 6 aliphatic rings. The Morgan fingerprint density at radius 2 is 0.971 bits per heavy atom. The number of hydrogen-bond acceptors (Lipinski definition) is 3. The Balaban J connectivity index is 1.21. The van der Waals surface area contributed by atoms with Gasteiger partial charge in [-0.25, -0.2) is 0 Å². The van der Waals surface area contributed by atoms with Crippen LogP contribution >= 0.6 is 0 Å². The Kier molecular flexibility index (Phi) is 9.64. The average Bonchev–Trinajstić information content (AvgIpc) is 3.84. The zero-order valence-electron chi connectivity index (χ0n) is 45.4. The van der Waals surface area contributed by atoms with Crippen LogP contribution < -0.4 is 31.1 Å². The molecule has 360 valence electrons. The van der Waals surface area contributed by atoms with Crippen molar-refractivity contribution in [2.75, 3.05) is 14.7 Å². The van der Waals surface area contributed by atoms with Crippen LogP contribution in [0.5, 0.6) is 0 Å². The van der Waals surface area contributed by atoms with Gasteiger partial charge in [-0.1, -0.05) is 158 Å². The quantitative estimate of drug-likeness (QED) is 0.164. The highest BCUT2D eigenvalue weighted by Crippen LogP contribution is 2.62. The highest BCUT2D eigenvalue weighted by Gasteiger charge is 2.58. The van der Waals surface area contributed by atoms with Crippen molar-refractivity contribution < 1.29 is 0 Å². The van der Waals surface area contributed by atoms with Gasteiger partial charge in [0.1, 0.15) is 0 Å². The largest absolute Gasteiger partial charge is 0.334 e. The topological polar surface area (TPSA) is 9.72 Å². The molecule has 0 bridgehead atoms. The highest BCUT2D eigenvalue weighted by atomic mass is 15.3. The minimum atomic E-state index is -0.115. The Morgan fingerprint density at radius 1 is 0.429 bits per heavy atom. The fourth-order valence-electron chi connectivity index (χ4n) is 14.6. The van der Waals surface area contributed by atoms with Crippen LogP contribution in [0, 0.1) is 10.8 Å². The second kappa shape index (κ2) is 14.7. The van der Waals surface area contributed by atoms with Crippen LogP contribution in [0.2, 0.25) is 0 Å². The van der Waals surface area contributed by atoms with Crippen LogP contribution in [-0.2, 0) is 47.3 Å². The molecule has 3 aliphatic carbocycles. The number of fused-ring (bicyclic) bond motifs is 9. The van der Waals surface area contributed by atoms with Gasteiger partial charge in [0.05, 0.1) is 5.54 Å².